The van der Waals surface area contributed by atoms with Crippen LogP contribution >= 0.6 is 0 Å². The number of phenolic OH excluding ortho intramolecular Hbond substituents is 1. The lowest BCUT2D eigenvalue weighted by molar-refractivity contribution is 0.0524. The summed E-state index contributed by atoms with van der Waals surface area (Å²) in [7, 11) is 0. The van der Waals surface area contributed by atoms with Crippen molar-refractivity contribution in [1.82, 2.24) is 19.2 Å². The molecule has 4 heterocycles. The van der Waals surface area contributed by atoms with Gasteiger partial charge in [0.05, 0.1) is 25.6 Å². The zero-order chi connectivity index (χ0) is 23.1. The highest BCUT2D eigenvalue weighted by molar-refractivity contribution is 5.85. The molecule has 0 saturated carbocycles. The maximum Gasteiger partial charge on any atom is 0.137 e. The number of aromatic hydroxyl groups is 1. The van der Waals surface area contributed by atoms with E-state index in [1.165, 1.54) is 22.4 Å². The fraction of sp³-hybridized carbons (Fsp3) is 0.444. The predicted molar refractivity (Wildman–Crippen MR) is 129 cm³/mol. The van der Waals surface area contributed by atoms with E-state index in [0.717, 1.165) is 82.1 Å². The molecule has 0 amide bonds. The molecule has 0 unspecified atom stereocenters. The summed E-state index contributed by atoms with van der Waals surface area (Å²) in [4.78, 5) is 9.63. The van der Waals surface area contributed by atoms with Crippen LogP contribution in [0.15, 0.2) is 48.4 Å². The number of pyridine rings is 1. The molecule has 0 spiro atoms. The molecule has 7 heteroatoms. The number of imidazole rings is 1. The van der Waals surface area contributed by atoms with Gasteiger partial charge < -0.3 is 19.1 Å². The summed E-state index contributed by atoms with van der Waals surface area (Å²) in [5.41, 5.74) is 8.10. The van der Waals surface area contributed by atoms with Crippen LogP contribution in [-0.2, 0) is 17.7 Å². The van der Waals surface area contributed by atoms with Crippen molar-refractivity contribution in [3.8, 4) is 5.75 Å². The number of hydrogen-bond acceptors (Lipinski definition) is 5. The quantitative estimate of drug-likeness (QED) is 0.624. The maximum absolute atomic E-state index is 12.8. The summed E-state index contributed by atoms with van der Waals surface area (Å²) in [6.07, 6.45) is 7.18. The molecule has 0 atom stereocenters. The highest BCUT2D eigenvalue weighted by atomic mass is 19.1. The Kier molecular flexibility index (Phi) is 5.75. The molecular weight excluding hydrogens is 431 g/mol. The molecule has 1 N–H and O–H groups in total. The topological polar surface area (TPSA) is 53.2 Å². The highest BCUT2D eigenvalue weighted by Gasteiger charge is 2.27. The smallest absolute Gasteiger partial charge is 0.137 e. The Balaban J connectivity index is 1.40. The van der Waals surface area contributed by atoms with Gasteiger partial charge in [-0.15, -0.1) is 0 Å². The summed E-state index contributed by atoms with van der Waals surface area (Å²) in [5, 5.41) is 10.1. The Hall–Kier alpha value is -2.90. The van der Waals surface area contributed by atoms with Gasteiger partial charge in [-0.2, -0.15) is 0 Å². The normalized spacial score (nSPS) is 19.9. The third-order valence-electron chi connectivity index (χ3n) is 7.33. The largest absolute Gasteiger partial charge is 0.508 e. The van der Waals surface area contributed by atoms with Crippen molar-refractivity contribution in [3.63, 3.8) is 0 Å². The van der Waals surface area contributed by atoms with Gasteiger partial charge in [-0.3, -0.25) is 9.29 Å². The van der Waals surface area contributed by atoms with Gasteiger partial charge in [0.2, 0.25) is 0 Å². The molecule has 6 nitrogen and oxygen atoms in total. The number of alkyl halides is 1. The Morgan fingerprint density at radius 2 is 1.94 bits per heavy atom. The molecule has 0 radical (unpaired) electrons. The molecule has 1 aliphatic carbocycles. The van der Waals surface area contributed by atoms with E-state index in [9.17, 15) is 9.50 Å². The predicted octanol–water partition coefficient (Wildman–Crippen LogP) is 3.87. The second kappa shape index (κ2) is 9.04. The molecule has 2 aromatic heterocycles. The molecular formula is C27H31FN4O2. The SMILES string of the molecule is Oc1ccc2c(c1)CCCC(N1CCOCC1)=C2c1ccn2cc(CN3CC(CF)C3)nc2c1. The van der Waals surface area contributed by atoms with Crippen LogP contribution in [0.25, 0.3) is 11.2 Å². The number of rotatable bonds is 5. The first kappa shape index (κ1) is 21.6. The first-order chi connectivity index (χ1) is 16.7. The Bertz CT molecular complexity index is 1220. The molecule has 2 fully saturated rings. The van der Waals surface area contributed by atoms with Crippen LogP contribution in [0.1, 0.15) is 35.2 Å². The molecule has 2 saturated heterocycles. The number of allylic oxidation sites excluding steroid dienone is 1. The van der Waals surface area contributed by atoms with E-state index in [4.69, 9.17) is 9.72 Å². The minimum atomic E-state index is -0.231. The average Bonchev–Trinajstić information content (AvgIpc) is 3.14. The Morgan fingerprint density at radius 1 is 1.09 bits per heavy atom. The number of aromatic nitrogens is 2. The summed E-state index contributed by atoms with van der Waals surface area (Å²) < 4.78 is 20.5. The maximum atomic E-state index is 12.8. The molecule has 3 aromatic rings. The molecule has 34 heavy (non-hydrogen) atoms. The molecule has 6 rings (SSSR count). The summed E-state index contributed by atoms with van der Waals surface area (Å²) in [6, 6.07) is 10.1. The number of hydrogen-bond donors (Lipinski definition) is 1. The fourth-order valence-electron chi connectivity index (χ4n) is 5.63. The Morgan fingerprint density at radius 3 is 2.76 bits per heavy atom. The Labute approximate surface area is 199 Å². The van der Waals surface area contributed by atoms with Gasteiger partial charge in [0, 0.05) is 62.3 Å². The van der Waals surface area contributed by atoms with Crippen molar-refractivity contribution in [3.05, 3.63) is 70.8 Å². The van der Waals surface area contributed by atoms with Crippen molar-refractivity contribution < 1.29 is 14.2 Å². The molecule has 3 aliphatic rings. The minimum absolute atomic E-state index is 0.184. The summed E-state index contributed by atoms with van der Waals surface area (Å²) in [5.74, 6) is 0.506. The summed E-state index contributed by atoms with van der Waals surface area (Å²) in [6.45, 7) is 5.46. The van der Waals surface area contributed by atoms with E-state index in [0.29, 0.717) is 5.75 Å². The van der Waals surface area contributed by atoms with Gasteiger partial charge in [-0.1, -0.05) is 6.07 Å². The summed E-state index contributed by atoms with van der Waals surface area (Å²) >= 11 is 0. The zero-order valence-corrected chi connectivity index (χ0v) is 19.4. The van der Waals surface area contributed by atoms with E-state index in [2.05, 4.69) is 44.8 Å². The third-order valence-corrected chi connectivity index (χ3v) is 7.33. The fourth-order valence-corrected chi connectivity index (χ4v) is 5.63. The van der Waals surface area contributed by atoms with Crippen LogP contribution in [0.2, 0.25) is 0 Å². The number of benzene rings is 1. The molecule has 0 bridgehead atoms. The van der Waals surface area contributed by atoms with Gasteiger partial charge in [0.25, 0.3) is 0 Å². The van der Waals surface area contributed by atoms with Crippen LogP contribution in [-0.4, -0.2) is 70.4 Å². The van der Waals surface area contributed by atoms with E-state index in [1.807, 2.05) is 6.07 Å². The third kappa shape index (κ3) is 4.07. The molecule has 2 aliphatic heterocycles. The van der Waals surface area contributed by atoms with E-state index >= 15 is 0 Å². The number of morpholine rings is 1. The highest BCUT2D eigenvalue weighted by Crippen LogP contribution is 2.38. The van der Waals surface area contributed by atoms with Gasteiger partial charge in [0.15, 0.2) is 0 Å². The zero-order valence-electron chi connectivity index (χ0n) is 19.4. The van der Waals surface area contributed by atoms with Crippen molar-refractivity contribution in [2.45, 2.75) is 25.8 Å². The lowest BCUT2D eigenvalue weighted by Gasteiger charge is -2.37. The van der Waals surface area contributed by atoms with Crippen LogP contribution in [0, 0.1) is 5.92 Å². The van der Waals surface area contributed by atoms with Crippen LogP contribution in [0.5, 0.6) is 5.75 Å². The number of aryl methyl sites for hydroxylation is 1. The molecule has 178 valence electrons. The van der Waals surface area contributed by atoms with E-state index in [-0.39, 0.29) is 12.6 Å². The van der Waals surface area contributed by atoms with Gasteiger partial charge in [-0.25, -0.2) is 4.98 Å². The second-order valence-corrected chi connectivity index (χ2v) is 9.74. The average molecular weight is 463 g/mol. The first-order valence-corrected chi connectivity index (χ1v) is 12.3. The van der Waals surface area contributed by atoms with E-state index < -0.39 is 0 Å². The number of ether oxygens (including phenoxy) is 1. The van der Waals surface area contributed by atoms with Gasteiger partial charge in [-0.05, 0) is 60.2 Å². The van der Waals surface area contributed by atoms with Crippen LogP contribution in [0.4, 0.5) is 4.39 Å². The minimum Gasteiger partial charge on any atom is -0.508 e. The standard InChI is InChI=1S/C27H31FN4O2/c28-14-19-15-30(16-19)17-22-18-32-7-6-21(13-26(32)29-22)27-24-5-4-23(33)12-20(24)2-1-3-25(27)31-8-10-34-11-9-31/h4-7,12-13,18-19,33H,1-3,8-11,14-17H2. The van der Waals surface area contributed by atoms with Gasteiger partial charge >= 0.3 is 0 Å². The van der Waals surface area contributed by atoms with Crippen molar-refractivity contribution >= 4 is 11.2 Å². The number of likely N-dealkylation sites (tertiary alicyclic amines) is 1. The first-order valence-electron chi connectivity index (χ1n) is 12.3. The number of halogens is 1. The molecule has 1 aromatic carbocycles. The van der Waals surface area contributed by atoms with Crippen molar-refractivity contribution in [2.24, 2.45) is 5.92 Å². The lowest BCUT2D eigenvalue weighted by Crippen LogP contribution is -2.46. The lowest BCUT2D eigenvalue weighted by atomic mass is 9.92. The number of fused-ring (bicyclic) bond motifs is 2. The number of phenols is 1. The van der Waals surface area contributed by atoms with Crippen LogP contribution < -0.4 is 0 Å². The van der Waals surface area contributed by atoms with E-state index in [1.54, 1.807) is 6.07 Å². The monoisotopic (exact) mass is 462 g/mol. The number of nitrogens with zero attached hydrogens (tertiary/aromatic N) is 4. The van der Waals surface area contributed by atoms with Crippen molar-refractivity contribution in [1.29, 1.82) is 0 Å². The second-order valence-electron chi connectivity index (χ2n) is 9.74. The van der Waals surface area contributed by atoms with Gasteiger partial charge in [0.1, 0.15) is 11.4 Å². The van der Waals surface area contributed by atoms with Crippen LogP contribution in [0.3, 0.4) is 0 Å². The van der Waals surface area contributed by atoms with Crippen molar-refractivity contribution in [2.75, 3.05) is 46.1 Å².